The molecule has 1 saturated heterocycles. The predicted molar refractivity (Wildman–Crippen MR) is 65.3 cm³/mol. The van der Waals surface area contributed by atoms with Gasteiger partial charge in [-0.2, -0.15) is 0 Å². The van der Waals surface area contributed by atoms with E-state index < -0.39 is 5.97 Å². The summed E-state index contributed by atoms with van der Waals surface area (Å²) in [5.74, 6) is 0.105. The van der Waals surface area contributed by atoms with Crippen LogP contribution in [0.2, 0.25) is 0 Å². The van der Waals surface area contributed by atoms with Crippen LogP contribution in [0.15, 0.2) is 16.7 Å². The van der Waals surface area contributed by atoms with Crippen LogP contribution in [-0.2, 0) is 6.54 Å². The minimum absolute atomic E-state index is 0.198. The number of carbonyl (C=O) groups is 1. The van der Waals surface area contributed by atoms with Crippen molar-refractivity contribution < 1.29 is 19.4 Å². The van der Waals surface area contributed by atoms with Crippen molar-refractivity contribution in [3.05, 3.63) is 23.7 Å². The van der Waals surface area contributed by atoms with Crippen molar-refractivity contribution in [2.45, 2.75) is 32.4 Å². The second-order valence-electron chi connectivity index (χ2n) is 4.96. The van der Waals surface area contributed by atoms with E-state index in [4.69, 9.17) is 9.52 Å². The molecule has 2 N–H and O–H groups in total. The third kappa shape index (κ3) is 3.11. The van der Waals surface area contributed by atoms with Crippen molar-refractivity contribution in [1.29, 1.82) is 0 Å². The second-order valence-corrected chi connectivity index (χ2v) is 4.96. The van der Waals surface area contributed by atoms with E-state index in [0.29, 0.717) is 18.2 Å². The van der Waals surface area contributed by atoms with Gasteiger partial charge in [-0.3, -0.25) is 4.90 Å². The maximum absolute atomic E-state index is 10.7. The Morgan fingerprint density at radius 3 is 2.72 bits per heavy atom. The first-order chi connectivity index (χ1) is 8.56. The molecule has 100 valence electrons. The number of nitrogens with zero attached hydrogens (tertiary/aromatic N) is 1. The van der Waals surface area contributed by atoms with Crippen LogP contribution in [0, 0.1) is 5.92 Å². The molecule has 1 unspecified atom stereocenters. The fourth-order valence-corrected chi connectivity index (χ4v) is 2.39. The zero-order chi connectivity index (χ0) is 13.1. The second kappa shape index (κ2) is 5.54. The number of carboxylic acid groups (broad SMARTS) is 1. The van der Waals surface area contributed by atoms with E-state index >= 15 is 0 Å². The highest BCUT2D eigenvalue weighted by Gasteiger charge is 2.23. The fourth-order valence-electron chi connectivity index (χ4n) is 2.39. The van der Waals surface area contributed by atoms with E-state index in [-0.39, 0.29) is 11.7 Å². The highest BCUT2D eigenvalue weighted by atomic mass is 16.4. The van der Waals surface area contributed by atoms with Gasteiger partial charge in [0.25, 0.3) is 0 Å². The first-order valence-corrected chi connectivity index (χ1v) is 6.27. The quantitative estimate of drug-likeness (QED) is 0.852. The van der Waals surface area contributed by atoms with Gasteiger partial charge in [0.2, 0.25) is 0 Å². The SMILES string of the molecule is CC(O)C1CCN(Cc2cc(C(=O)O)co2)CC1. The Bertz CT molecular complexity index is 405. The molecule has 1 fully saturated rings. The van der Waals surface area contributed by atoms with Gasteiger partial charge in [0.1, 0.15) is 12.0 Å². The standard InChI is InChI=1S/C13H19NO4/c1-9(15)10-2-4-14(5-3-10)7-12-6-11(8-18-12)13(16)17/h6,8-10,15H,2-5,7H2,1H3,(H,16,17). The molecule has 5 nitrogen and oxygen atoms in total. The summed E-state index contributed by atoms with van der Waals surface area (Å²) in [6, 6.07) is 1.57. The Morgan fingerprint density at radius 2 is 2.22 bits per heavy atom. The molecule has 1 atom stereocenters. The van der Waals surface area contributed by atoms with Crippen molar-refractivity contribution in [3.63, 3.8) is 0 Å². The number of aromatic carboxylic acids is 1. The van der Waals surface area contributed by atoms with E-state index in [1.54, 1.807) is 6.07 Å². The van der Waals surface area contributed by atoms with Gasteiger partial charge in [-0.05, 0) is 44.8 Å². The summed E-state index contributed by atoms with van der Waals surface area (Å²) < 4.78 is 5.23. The number of rotatable bonds is 4. The molecule has 1 aromatic rings. The van der Waals surface area contributed by atoms with Crippen LogP contribution < -0.4 is 0 Å². The van der Waals surface area contributed by atoms with E-state index in [0.717, 1.165) is 25.9 Å². The molecule has 2 rings (SSSR count). The molecule has 18 heavy (non-hydrogen) atoms. The molecule has 0 bridgehead atoms. The Morgan fingerprint density at radius 1 is 1.56 bits per heavy atom. The highest BCUT2D eigenvalue weighted by molar-refractivity contribution is 5.87. The average Bonchev–Trinajstić information content (AvgIpc) is 2.78. The maximum Gasteiger partial charge on any atom is 0.338 e. The molecule has 0 amide bonds. The van der Waals surface area contributed by atoms with E-state index in [9.17, 15) is 9.90 Å². The summed E-state index contributed by atoms with van der Waals surface area (Å²) in [5.41, 5.74) is 0.198. The van der Waals surface area contributed by atoms with Crippen molar-refractivity contribution in [2.75, 3.05) is 13.1 Å². The van der Waals surface area contributed by atoms with Crippen LogP contribution in [-0.4, -0.2) is 40.3 Å². The summed E-state index contributed by atoms with van der Waals surface area (Å²) in [7, 11) is 0. The molecule has 0 saturated carbocycles. The summed E-state index contributed by atoms with van der Waals surface area (Å²) in [4.78, 5) is 12.9. The summed E-state index contributed by atoms with van der Waals surface area (Å²) in [6.07, 6.45) is 2.99. The number of aliphatic hydroxyl groups excluding tert-OH is 1. The molecule has 0 spiro atoms. The largest absolute Gasteiger partial charge is 0.478 e. The van der Waals surface area contributed by atoms with Gasteiger partial charge in [0.15, 0.2) is 0 Å². The fraction of sp³-hybridized carbons (Fsp3) is 0.615. The number of aliphatic hydroxyl groups is 1. The topological polar surface area (TPSA) is 73.9 Å². The van der Waals surface area contributed by atoms with Gasteiger partial charge in [-0.1, -0.05) is 0 Å². The molecule has 1 aliphatic heterocycles. The minimum atomic E-state index is -0.960. The Balaban J connectivity index is 1.85. The number of likely N-dealkylation sites (tertiary alicyclic amines) is 1. The van der Waals surface area contributed by atoms with Crippen molar-refractivity contribution >= 4 is 5.97 Å². The zero-order valence-corrected chi connectivity index (χ0v) is 10.5. The van der Waals surface area contributed by atoms with Gasteiger partial charge >= 0.3 is 5.97 Å². The van der Waals surface area contributed by atoms with Gasteiger partial charge in [0.05, 0.1) is 18.2 Å². The van der Waals surface area contributed by atoms with Gasteiger partial charge < -0.3 is 14.6 Å². The Hall–Kier alpha value is -1.33. The Kier molecular flexibility index (Phi) is 4.04. The van der Waals surface area contributed by atoms with Crippen LogP contribution in [0.5, 0.6) is 0 Å². The van der Waals surface area contributed by atoms with Crippen molar-refractivity contribution in [1.82, 2.24) is 4.90 Å². The lowest BCUT2D eigenvalue weighted by molar-refractivity contribution is 0.0672. The number of hydrogen-bond donors (Lipinski definition) is 2. The molecular formula is C13H19NO4. The lowest BCUT2D eigenvalue weighted by Crippen LogP contribution is -2.36. The van der Waals surface area contributed by atoms with Gasteiger partial charge in [-0.15, -0.1) is 0 Å². The average molecular weight is 253 g/mol. The third-order valence-corrected chi connectivity index (χ3v) is 3.59. The normalized spacial score (nSPS) is 19.9. The molecule has 0 aliphatic carbocycles. The number of hydrogen-bond acceptors (Lipinski definition) is 4. The molecule has 0 aromatic carbocycles. The van der Waals surface area contributed by atoms with Gasteiger partial charge in [-0.25, -0.2) is 4.79 Å². The third-order valence-electron chi connectivity index (χ3n) is 3.59. The molecule has 1 aromatic heterocycles. The predicted octanol–water partition coefficient (Wildman–Crippen LogP) is 1.57. The van der Waals surface area contributed by atoms with E-state index in [1.807, 2.05) is 6.92 Å². The van der Waals surface area contributed by atoms with Crippen LogP contribution in [0.1, 0.15) is 35.9 Å². The number of piperidine rings is 1. The lowest BCUT2D eigenvalue weighted by atomic mass is 9.92. The van der Waals surface area contributed by atoms with Crippen molar-refractivity contribution in [3.8, 4) is 0 Å². The first-order valence-electron chi connectivity index (χ1n) is 6.27. The van der Waals surface area contributed by atoms with Crippen LogP contribution in [0.4, 0.5) is 0 Å². The summed E-state index contributed by atoms with van der Waals surface area (Å²) in [5, 5.41) is 18.3. The summed E-state index contributed by atoms with van der Waals surface area (Å²) in [6.45, 7) is 4.31. The molecule has 2 heterocycles. The zero-order valence-electron chi connectivity index (χ0n) is 10.5. The smallest absolute Gasteiger partial charge is 0.338 e. The number of carboxylic acids is 1. The molecule has 1 aliphatic rings. The van der Waals surface area contributed by atoms with E-state index in [2.05, 4.69) is 4.90 Å². The lowest BCUT2D eigenvalue weighted by Gasteiger charge is -2.32. The first kappa shape index (κ1) is 13.1. The van der Waals surface area contributed by atoms with E-state index in [1.165, 1.54) is 6.26 Å². The van der Waals surface area contributed by atoms with Gasteiger partial charge in [0, 0.05) is 0 Å². The molecule has 5 heteroatoms. The molecular weight excluding hydrogens is 234 g/mol. The Labute approximate surface area is 106 Å². The van der Waals surface area contributed by atoms with Crippen LogP contribution in [0.3, 0.4) is 0 Å². The number of furan rings is 1. The summed E-state index contributed by atoms with van der Waals surface area (Å²) >= 11 is 0. The molecule has 0 radical (unpaired) electrons. The van der Waals surface area contributed by atoms with Crippen molar-refractivity contribution in [2.24, 2.45) is 5.92 Å². The maximum atomic E-state index is 10.7. The van der Waals surface area contributed by atoms with Crippen LogP contribution >= 0.6 is 0 Å². The monoisotopic (exact) mass is 253 g/mol. The highest BCUT2D eigenvalue weighted by Crippen LogP contribution is 2.22. The minimum Gasteiger partial charge on any atom is -0.478 e. The van der Waals surface area contributed by atoms with Crippen LogP contribution in [0.25, 0.3) is 0 Å².